The summed E-state index contributed by atoms with van der Waals surface area (Å²) in [6.07, 6.45) is 0.174. The highest BCUT2D eigenvalue weighted by atomic mass is 19.2. The average molecular weight is 313 g/mol. The maximum Gasteiger partial charge on any atom is 0.305 e. The van der Waals surface area contributed by atoms with Crippen molar-refractivity contribution in [2.75, 3.05) is 13.2 Å². The molecular weight excluding hydrogens is 296 g/mol. The summed E-state index contributed by atoms with van der Waals surface area (Å²) in [4.78, 5) is 23.1. The number of carboxylic acid groups (broad SMARTS) is 1. The molecule has 0 unspecified atom stereocenters. The van der Waals surface area contributed by atoms with Crippen LogP contribution in [0.5, 0.6) is 0 Å². The molecule has 1 aliphatic heterocycles. The number of hydrogen-bond acceptors (Lipinski definition) is 3. The van der Waals surface area contributed by atoms with Crippen molar-refractivity contribution >= 4 is 11.9 Å². The van der Waals surface area contributed by atoms with Gasteiger partial charge in [-0.3, -0.25) is 9.59 Å². The molecular formula is C15H17F2NO4. The van der Waals surface area contributed by atoms with Crippen LogP contribution in [0.1, 0.15) is 24.8 Å². The molecule has 0 saturated carbocycles. The molecule has 120 valence electrons. The molecule has 1 amide bonds. The predicted octanol–water partition coefficient (Wildman–Crippen LogP) is 1.65. The minimum Gasteiger partial charge on any atom is -0.481 e. The maximum absolute atomic E-state index is 13.6. The largest absolute Gasteiger partial charge is 0.481 e. The van der Waals surface area contributed by atoms with Crippen molar-refractivity contribution in [3.05, 3.63) is 35.4 Å². The summed E-state index contributed by atoms with van der Waals surface area (Å²) in [5.74, 6) is -3.64. The van der Waals surface area contributed by atoms with Gasteiger partial charge in [-0.05, 0) is 18.9 Å². The van der Waals surface area contributed by atoms with Crippen molar-refractivity contribution in [3.8, 4) is 0 Å². The van der Waals surface area contributed by atoms with Crippen LogP contribution in [0.2, 0.25) is 0 Å². The third kappa shape index (κ3) is 4.00. The molecule has 1 aromatic rings. The summed E-state index contributed by atoms with van der Waals surface area (Å²) >= 11 is 0. The van der Waals surface area contributed by atoms with E-state index < -0.39 is 29.0 Å². The highest BCUT2D eigenvalue weighted by molar-refractivity contribution is 5.80. The molecule has 22 heavy (non-hydrogen) atoms. The number of amides is 1. The van der Waals surface area contributed by atoms with E-state index in [4.69, 9.17) is 9.84 Å². The normalized spacial score (nSPS) is 17.0. The molecule has 0 atom stereocenters. The molecule has 5 nitrogen and oxygen atoms in total. The summed E-state index contributed by atoms with van der Waals surface area (Å²) in [5.41, 5.74) is -0.958. The molecule has 1 heterocycles. The van der Waals surface area contributed by atoms with Crippen LogP contribution in [0.25, 0.3) is 0 Å². The molecule has 1 aromatic carbocycles. The number of aliphatic carboxylic acids is 1. The molecule has 2 N–H and O–H groups in total. The molecule has 0 radical (unpaired) electrons. The number of carboxylic acids is 1. The monoisotopic (exact) mass is 313 g/mol. The van der Waals surface area contributed by atoms with Gasteiger partial charge in [-0.1, -0.05) is 12.1 Å². The van der Waals surface area contributed by atoms with Gasteiger partial charge in [-0.15, -0.1) is 0 Å². The van der Waals surface area contributed by atoms with Gasteiger partial charge in [0.05, 0.1) is 18.4 Å². The van der Waals surface area contributed by atoms with Gasteiger partial charge >= 0.3 is 5.97 Å². The van der Waals surface area contributed by atoms with E-state index in [1.54, 1.807) is 0 Å². The van der Waals surface area contributed by atoms with Crippen LogP contribution in [0.4, 0.5) is 8.78 Å². The molecule has 1 aliphatic rings. The van der Waals surface area contributed by atoms with Gasteiger partial charge in [-0.2, -0.15) is 0 Å². The topological polar surface area (TPSA) is 75.6 Å². The Bertz CT molecular complexity index is 571. The second-order valence-electron chi connectivity index (χ2n) is 5.40. The quantitative estimate of drug-likeness (QED) is 0.866. The maximum atomic E-state index is 13.6. The van der Waals surface area contributed by atoms with Gasteiger partial charge in [0, 0.05) is 18.8 Å². The van der Waals surface area contributed by atoms with Crippen LogP contribution < -0.4 is 5.32 Å². The Hall–Kier alpha value is -2.02. The molecule has 0 aromatic heterocycles. The first-order valence-corrected chi connectivity index (χ1v) is 6.95. The number of hydrogen-bond donors (Lipinski definition) is 2. The summed E-state index contributed by atoms with van der Waals surface area (Å²) < 4.78 is 31.9. The highest BCUT2D eigenvalue weighted by Gasteiger charge is 2.36. The molecule has 1 fully saturated rings. The van der Waals surface area contributed by atoms with Crippen LogP contribution in [0.3, 0.4) is 0 Å². The molecule has 1 saturated heterocycles. The predicted molar refractivity (Wildman–Crippen MR) is 73.2 cm³/mol. The number of ether oxygens (including phenoxy) is 1. The lowest BCUT2D eigenvalue weighted by Crippen LogP contribution is -2.53. The number of carbonyl (C=O) groups is 2. The zero-order valence-electron chi connectivity index (χ0n) is 11.9. The lowest BCUT2D eigenvalue weighted by Gasteiger charge is -2.36. The summed E-state index contributed by atoms with van der Waals surface area (Å²) in [6, 6.07) is 3.62. The summed E-state index contributed by atoms with van der Waals surface area (Å²) in [6.45, 7) is 0.698. The first kappa shape index (κ1) is 16.4. The van der Waals surface area contributed by atoms with Crippen LogP contribution in [0, 0.1) is 11.6 Å². The van der Waals surface area contributed by atoms with Gasteiger partial charge in [0.15, 0.2) is 11.6 Å². The van der Waals surface area contributed by atoms with E-state index in [-0.39, 0.29) is 18.4 Å². The van der Waals surface area contributed by atoms with E-state index in [0.29, 0.717) is 26.1 Å². The van der Waals surface area contributed by atoms with Crippen molar-refractivity contribution in [2.45, 2.75) is 31.2 Å². The second-order valence-corrected chi connectivity index (χ2v) is 5.40. The van der Waals surface area contributed by atoms with Crippen LogP contribution in [0.15, 0.2) is 18.2 Å². The van der Waals surface area contributed by atoms with Gasteiger partial charge in [0.2, 0.25) is 5.91 Å². The first-order chi connectivity index (χ1) is 10.4. The fourth-order valence-electron chi connectivity index (χ4n) is 2.60. The minimum absolute atomic E-state index is 0.0602. The van der Waals surface area contributed by atoms with E-state index in [2.05, 4.69) is 5.32 Å². The number of benzene rings is 1. The number of carbonyl (C=O) groups excluding carboxylic acids is 1. The molecule has 0 spiro atoms. The third-order valence-electron chi connectivity index (χ3n) is 3.73. The zero-order valence-corrected chi connectivity index (χ0v) is 11.9. The Morgan fingerprint density at radius 2 is 1.95 bits per heavy atom. The van der Waals surface area contributed by atoms with Crippen molar-refractivity contribution in [3.63, 3.8) is 0 Å². The van der Waals surface area contributed by atoms with E-state index in [9.17, 15) is 18.4 Å². The van der Waals surface area contributed by atoms with Crippen molar-refractivity contribution in [1.29, 1.82) is 0 Å². The Labute approximate surface area is 126 Å². The lowest BCUT2D eigenvalue weighted by atomic mass is 9.86. The van der Waals surface area contributed by atoms with Gasteiger partial charge < -0.3 is 15.2 Å². The van der Waals surface area contributed by atoms with Gasteiger partial charge in [0.25, 0.3) is 0 Å². The average Bonchev–Trinajstić information content (AvgIpc) is 2.43. The Morgan fingerprint density at radius 1 is 1.27 bits per heavy atom. The third-order valence-corrected chi connectivity index (χ3v) is 3.73. The van der Waals surface area contributed by atoms with Crippen LogP contribution in [-0.2, 0) is 20.7 Å². The Morgan fingerprint density at radius 3 is 2.59 bits per heavy atom. The number of rotatable bonds is 5. The minimum atomic E-state index is -1.06. The SMILES string of the molecule is O=C(O)CC1(NC(=O)Cc2cccc(F)c2F)CCOCC1. The number of nitrogens with one attached hydrogen (secondary N) is 1. The molecule has 7 heteroatoms. The van der Waals surface area contributed by atoms with Crippen molar-refractivity contribution < 1.29 is 28.2 Å². The van der Waals surface area contributed by atoms with E-state index in [1.165, 1.54) is 12.1 Å². The zero-order chi connectivity index (χ0) is 16.2. The second kappa shape index (κ2) is 6.83. The standard InChI is InChI=1S/C15H17F2NO4/c16-11-3-1-2-10(14(11)17)8-12(19)18-15(9-13(20)21)4-6-22-7-5-15/h1-3H,4-9H2,(H,18,19)(H,20,21). The lowest BCUT2D eigenvalue weighted by molar-refractivity contribution is -0.140. The fourth-order valence-corrected chi connectivity index (χ4v) is 2.60. The number of halogens is 2. The first-order valence-electron chi connectivity index (χ1n) is 6.95. The summed E-state index contributed by atoms with van der Waals surface area (Å²) in [7, 11) is 0. The van der Waals surface area contributed by atoms with Gasteiger partial charge in [0.1, 0.15) is 0 Å². The van der Waals surface area contributed by atoms with Crippen molar-refractivity contribution in [1.82, 2.24) is 5.32 Å². The van der Waals surface area contributed by atoms with Crippen molar-refractivity contribution in [2.24, 2.45) is 0 Å². The summed E-state index contributed by atoms with van der Waals surface area (Å²) in [5, 5.41) is 11.7. The van der Waals surface area contributed by atoms with E-state index in [0.717, 1.165) is 6.07 Å². The molecule has 2 rings (SSSR count). The van der Waals surface area contributed by atoms with Crippen LogP contribution >= 0.6 is 0 Å². The molecule has 0 aliphatic carbocycles. The van der Waals surface area contributed by atoms with Gasteiger partial charge in [-0.25, -0.2) is 8.78 Å². The Kier molecular flexibility index (Phi) is 5.07. The van der Waals surface area contributed by atoms with E-state index in [1.807, 2.05) is 0 Å². The smallest absolute Gasteiger partial charge is 0.305 e. The molecule has 0 bridgehead atoms. The fraction of sp³-hybridized carbons (Fsp3) is 0.467. The Balaban J connectivity index is 2.08. The highest BCUT2D eigenvalue weighted by Crippen LogP contribution is 2.25. The van der Waals surface area contributed by atoms with E-state index >= 15 is 0 Å². The van der Waals surface area contributed by atoms with Crippen LogP contribution in [-0.4, -0.2) is 35.7 Å².